The number of anilines is 2. The van der Waals surface area contributed by atoms with Gasteiger partial charge in [0.25, 0.3) is 0 Å². The van der Waals surface area contributed by atoms with E-state index in [0.29, 0.717) is 5.84 Å². The molecule has 26 heavy (non-hydrogen) atoms. The fraction of sp³-hybridized carbons (Fsp3) is 0.421. The van der Waals surface area contributed by atoms with E-state index in [1.54, 1.807) is 11.3 Å². The predicted molar refractivity (Wildman–Crippen MR) is 113 cm³/mol. The van der Waals surface area contributed by atoms with Crippen LogP contribution in [0.3, 0.4) is 0 Å². The van der Waals surface area contributed by atoms with E-state index in [2.05, 4.69) is 45.5 Å². The zero-order valence-corrected chi connectivity index (χ0v) is 16.7. The van der Waals surface area contributed by atoms with Crippen molar-refractivity contribution in [2.45, 2.75) is 11.3 Å². The molecule has 7 heteroatoms. The van der Waals surface area contributed by atoms with Gasteiger partial charge < -0.3 is 10.2 Å². The number of thioether (sulfide) groups is 1. The molecule has 3 heterocycles. The molecular formula is C19H25N5S2. The summed E-state index contributed by atoms with van der Waals surface area (Å²) in [5, 5.41) is 18.3. The summed E-state index contributed by atoms with van der Waals surface area (Å²) in [5.41, 5.74) is 2.33. The summed E-state index contributed by atoms with van der Waals surface area (Å²) >= 11 is 3.51. The molecule has 1 aromatic carbocycles. The fourth-order valence-corrected chi connectivity index (χ4v) is 5.24. The normalized spacial score (nSPS) is 18.1. The van der Waals surface area contributed by atoms with Crippen LogP contribution in [-0.4, -0.2) is 61.4 Å². The standard InChI is InChI=1S/C19H25N5S2/c1-22-7-3-8-24(22)10-9-23-11-13-26-18-14-15(5-6-16(18)23)21-19(20)17-4-2-12-25-17/h2,4-6,12,14H,3,7-11,13H2,1H3,(H2,20,21). The molecule has 0 bridgehead atoms. The number of amidine groups is 1. The topological polar surface area (TPSA) is 45.6 Å². The molecule has 0 spiro atoms. The van der Waals surface area contributed by atoms with Gasteiger partial charge in [-0.05, 0) is 36.1 Å². The number of hydrazine groups is 1. The van der Waals surface area contributed by atoms with Crippen LogP contribution < -0.4 is 10.2 Å². The number of thiophene rings is 1. The summed E-state index contributed by atoms with van der Waals surface area (Å²) in [4.78, 5) is 4.79. The summed E-state index contributed by atoms with van der Waals surface area (Å²) < 4.78 is 0. The molecule has 2 N–H and O–H groups in total. The maximum absolute atomic E-state index is 8.22. The molecule has 2 aromatic rings. The van der Waals surface area contributed by atoms with Crippen LogP contribution in [0.25, 0.3) is 0 Å². The first kappa shape index (κ1) is 17.9. The molecule has 4 rings (SSSR count). The minimum Gasteiger partial charge on any atom is -0.368 e. The highest BCUT2D eigenvalue weighted by Gasteiger charge is 2.22. The Kier molecular flexibility index (Phi) is 5.49. The quantitative estimate of drug-likeness (QED) is 0.606. The van der Waals surface area contributed by atoms with Crippen molar-refractivity contribution in [3.8, 4) is 0 Å². The summed E-state index contributed by atoms with van der Waals surface area (Å²) in [7, 11) is 2.19. The van der Waals surface area contributed by atoms with Crippen molar-refractivity contribution >= 4 is 40.3 Å². The summed E-state index contributed by atoms with van der Waals surface area (Å²) in [6, 6.07) is 10.5. The third-order valence-electron chi connectivity index (χ3n) is 4.97. The Hall–Kier alpha value is -1.54. The van der Waals surface area contributed by atoms with Gasteiger partial charge in [-0.3, -0.25) is 5.41 Å². The number of nitrogens with one attached hydrogen (secondary N) is 2. The van der Waals surface area contributed by atoms with Crippen LogP contribution in [-0.2, 0) is 0 Å². The first-order valence-electron chi connectivity index (χ1n) is 9.08. The Morgan fingerprint density at radius 2 is 2.12 bits per heavy atom. The van der Waals surface area contributed by atoms with Crippen molar-refractivity contribution in [1.82, 2.24) is 10.0 Å². The number of benzene rings is 1. The van der Waals surface area contributed by atoms with Crippen molar-refractivity contribution in [2.24, 2.45) is 0 Å². The van der Waals surface area contributed by atoms with Gasteiger partial charge in [0.1, 0.15) is 5.84 Å². The molecule has 0 saturated carbocycles. The maximum atomic E-state index is 8.22. The van der Waals surface area contributed by atoms with Gasteiger partial charge in [0.05, 0.1) is 10.6 Å². The summed E-state index contributed by atoms with van der Waals surface area (Å²) in [6.07, 6.45) is 1.27. The second-order valence-corrected chi connectivity index (χ2v) is 8.77. The van der Waals surface area contributed by atoms with Crippen LogP contribution in [0.15, 0.2) is 40.6 Å². The molecule has 2 aliphatic rings. The van der Waals surface area contributed by atoms with Gasteiger partial charge in [-0.2, -0.15) is 0 Å². The van der Waals surface area contributed by atoms with E-state index in [9.17, 15) is 0 Å². The lowest BCUT2D eigenvalue weighted by Crippen LogP contribution is -2.41. The van der Waals surface area contributed by atoms with Gasteiger partial charge in [-0.15, -0.1) is 23.1 Å². The average Bonchev–Trinajstić information content (AvgIpc) is 3.31. The largest absolute Gasteiger partial charge is 0.368 e. The predicted octanol–water partition coefficient (Wildman–Crippen LogP) is 3.65. The Balaban J connectivity index is 1.42. The van der Waals surface area contributed by atoms with E-state index in [1.807, 2.05) is 29.3 Å². The van der Waals surface area contributed by atoms with Gasteiger partial charge in [-0.1, -0.05) is 6.07 Å². The number of rotatable bonds is 5. The zero-order valence-electron chi connectivity index (χ0n) is 15.1. The minimum absolute atomic E-state index is 0.467. The molecule has 2 aliphatic heterocycles. The SMILES string of the molecule is CN1CCCN1CCN1CCSc2cc(NC(=N)c3cccs3)ccc21. The van der Waals surface area contributed by atoms with Crippen LogP contribution in [0.2, 0.25) is 0 Å². The van der Waals surface area contributed by atoms with E-state index in [-0.39, 0.29) is 0 Å². The van der Waals surface area contributed by atoms with Gasteiger partial charge in [0.15, 0.2) is 0 Å². The smallest absolute Gasteiger partial charge is 0.140 e. The molecule has 5 nitrogen and oxygen atoms in total. The summed E-state index contributed by atoms with van der Waals surface area (Å²) in [6.45, 7) is 5.61. The zero-order chi connectivity index (χ0) is 17.9. The highest BCUT2D eigenvalue weighted by Crippen LogP contribution is 2.36. The molecular weight excluding hydrogens is 362 g/mol. The highest BCUT2D eigenvalue weighted by molar-refractivity contribution is 7.99. The lowest BCUT2D eigenvalue weighted by Gasteiger charge is -2.33. The van der Waals surface area contributed by atoms with E-state index in [1.165, 1.54) is 30.1 Å². The fourth-order valence-electron chi connectivity index (χ4n) is 3.53. The maximum Gasteiger partial charge on any atom is 0.140 e. The molecule has 138 valence electrons. The molecule has 0 amide bonds. The summed E-state index contributed by atoms with van der Waals surface area (Å²) in [5.74, 6) is 1.59. The molecule has 0 aliphatic carbocycles. The number of fused-ring (bicyclic) bond motifs is 1. The van der Waals surface area contributed by atoms with Crippen molar-refractivity contribution < 1.29 is 0 Å². The van der Waals surface area contributed by atoms with Crippen LogP contribution in [0, 0.1) is 5.41 Å². The second kappa shape index (κ2) is 8.00. The Labute approximate surface area is 163 Å². The van der Waals surface area contributed by atoms with Gasteiger partial charge in [0, 0.05) is 56.1 Å². The third kappa shape index (κ3) is 3.91. The van der Waals surface area contributed by atoms with Crippen molar-refractivity contribution in [3.63, 3.8) is 0 Å². The molecule has 0 atom stereocenters. The van der Waals surface area contributed by atoms with E-state index < -0.39 is 0 Å². The Morgan fingerprint density at radius 3 is 2.88 bits per heavy atom. The lowest BCUT2D eigenvalue weighted by molar-refractivity contribution is 0.0594. The first-order chi connectivity index (χ1) is 12.7. The minimum atomic E-state index is 0.467. The van der Waals surface area contributed by atoms with Crippen LogP contribution in [0.4, 0.5) is 11.4 Å². The van der Waals surface area contributed by atoms with E-state index >= 15 is 0 Å². The Morgan fingerprint density at radius 1 is 1.19 bits per heavy atom. The van der Waals surface area contributed by atoms with Crippen molar-refractivity contribution in [3.05, 3.63) is 40.6 Å². The van der Waals surface area contributed by atoms with Crippen molar-refractivity contribution in [2.75, 3.05) is 55.7 Å². The van der Waals surface area contributed by atoms with Crippen LogP contribution in [0.5, 0.6) is 0 Å². The monoisotopic (exact) mass is 387 g/mol. The number of hydrogen-bond donors (Lipinski definition) is 2. The average molecular weight is 388 g/mol. The second-order valence-electron chi connectivity index (χ2n) is 6.68. The van der Waals surface area contributed by atoms with Crippen LogP contribution >= 0.6 is 23.1 Å². The number of hydrogen-bond acceptors (Lipinski definition) is 6. The Bertz CT molecular complexity index is 761. The molecule has 0 radical (unpaired) electrons. The molecule has 1 aromatic heterocycles. The molecule has 1 saturated heterocycles. The molecule has 1 fully saturated rings. The third-order valence-corrected chi connectivity index (χ3v) is 6.88. The van der Waals surface area contributed by atoms with Gasteiger partial charge in [-0.25, -0.2) is 10.0 Å². The number of nitrogens with zero attached hydrogens (tertiary/aromatic N) is 3. The van der Waals surface area contributed by atoms with Crippen molar-refractivity contribution in [1.29, 1.82) is 5.41 Å². The lowest BCUT2D eigenvalue weighted by atomic mass is 10.2. The van der Waals surface area contributed by atoms with Crippen LogP contribution in [0.1, 0.15) is 11.3 Å². The first-order valence-corrected chi connectivity index (χ1v) is 10.9. The van der Waals surface area contributed by atoms with Gasteiger partial charge >= 0.3 is 0 Å². The van der Waals surface area contributed by atoms with Gasteiger partial charge in [0.2, 0.25) is 0 Å². The van der Waals surface area contributed by atoms with E-state index in [4.69, 9.17) is 5.41 Å². The highest BCUT2D eigenvalue weighted by atomic mass is 32.2. The molecule has 0 unspecified atom stereocenters. The van der Waals surface area contributed by atoms with E-state index in [0.717, 1.165) is 36.0 Å².